The van der Waals surface area contributed by atoms with E-state index < -0.39 is 23.4 Å². The molecule has 2 aromatic rings. The van der Waals surface area contributed by atoms with Crippen molar-refractivity contribution >= 4 is 23.3 Å². The van der Waals surface area contributed by atoms with Crippen LogP contribution in [-0.4, -0.2) is 50.3 Å². The lowest BCUT2D eigenvalue weighted by atomic mass is 9.80. The number of aromatic nitrogens is 4. The Labute approximate surface area is 176 Å². The van der Waals surface area contributed by atoms with Gasteiger partial charge in [-0.1, -0.05) is 19.3 Å². The maximum absolute atomic E-state index is 13.1. The number of hydrogen-bond donors (Lipinski definition) is 2. The number of fused-ring (bicyclic) bond motifs is 1. The van der Waals surface area contributed by atoms with Crippen LogP contribution in [0.2, 0.25) is 0 Å². The minimum Gasteiger partial charge on any atom is -0.368 e. The van der Waals surface area contributed by atoms with Gasteiger partial charge in [-0.2, -0.15) is 17.7 Å². The Morgan fingerprint density at radius 3 is 2.39 bits per heavy atom. The molecule has 3 N–H and O–H groups in total. The maximum Gasteiger partial charge on any atom is 0.453 e. The van der Waals surface area contributed by atoms with E-state index in [-0.39, 0.29) is 17.5 Å². The Morgan fingerprint density at radius 2 is 1.77 bits per heavy atom. The molecule has 0 atom stereocenters. The van der Waals surface area contributed by atoms with E-state index in [1.807, 2.05) is 4.90 Å². The third kappa shape index (κ3) is 4.15. The number of nitrogens with two attached hydrogens (primary N) is 1. The van der Waals surface area contributed by atoms with Gasteiger partial charge in [0.25, 0.3) is 5.82 Å². The number of carbonyl (C=O) groups excluding carboxylic acids is 2. The number of nitrogens with zero attached hydrogens (tertiary/aromatic N) is 5. The summed E-state index contributed by atoms with van der Waals surface area (Å²) in [5.74, 6) is -1.80. The van der Waals surface area contributed by atoms with Gasteiger partial charge in [0, 0.05) is 19.0 Å². The summed E-state index contributed by atoms with van der Waals surface area (Å²) >= 11 is 0. The normalized spacial score (nSPS) is 20.0. The van der Waals surface area contributed by atoms with Crippen molar-refractivity contribution in [3.63, 3.8) is 0 Å². The largest absolute Gasteiger partial charge is 0.453 e. The second-order valence-corrected chi connectivity index (χ2v) is 8.24. The molecule has 0 unspecified atom stereocenters. The zero-order chi connectivity index (χ0) is 22.2. The minimum atomic E-state index is -4.66. The van der Waals surface area contributed by atoms with E-state index in [1.165, 1.54) is 6.07 Å². The second-order valence-electron chi connectivity index (χ2n) is 8.24. The molecule has 9 nitrogen and oxygen atoms in total. The lowest BCUT2D eigenvalue weighted by Crippen LogP contribution is -2.60. The topological polar surface area (TPSA) is 119 Å². The van der Waals surface area contributed by atoms with Crippen molar-refractivity contribution in [2.75, 3.05) is 18.0 Å². The molecule has 2 fully saturated rings. The number of halogens is 3. The van der Waals surface area contributed by atoms with Crippen LogP contribution in [0.1, 0.15) is 50.8 Å². The molecule has 2 amide bonds. The Hall–Kier alpha value is -2.92. The number of rotatable bonds is 4. The molecule has 1 saturated carbocycles. The van der Waals surface area contributed by atoms with E-state index in [9.17, 15) is 22.8 Å². The Kier molecular flexibility index (Phi) is 5.48. The SMILES string of the molecule is NC(=O)C1(NC(=O)C2CCN(c3ccc4nnc(C(F)(F)F)n4n3)CC2)CCCCC1. The van der Waals surface area contributed by atoms with Crippen LogP contribution in [0.15, 0.2) is 12.1 Å². The van der Waals surface area contributed by atoms with E-state index >= 15 is 0 Å². The van der Waals surface area contributed by atoms with Gasteiger partial charge in [0.05, 0.1) is 0 Å². The molecule has 4 rings (SSSR count). The third-order valence-corrected chi connectivity index (χ3v) is 6.23. The maximum atomic E-state index is 13.1. The molecule has 168 valence electrons. The van der Waals surface area contributed by atoms with Crippen LogP contribution in [0.3, 0.4) is 0 Å². The molecular formula is C19H24F3N7O2. The number of primary amides is 1. The molecule has 0 bridgehead atoms. The van der Waals surface area contributed by atoms with Gasteiger partial charge in [0.1, 0.15) is 11.4 Å². The fourth-order valence-corrected chi connectivity index (χ4v) is 4.42. The molecular weight excluding hydrogens is 415 g/mol. The van der Waals surface area contributed by atoms with Crippen LogP contribution in [0, 0.1) is 5.92 Å². The van der Waals surface area contributed by atoms with E-state index in [4.69, 9.17) is 5.73 Å². The molecule has 3 heterocycles. The number of hydrogen-bond acceptors (Lipinski definition) is 6. The molecule has 2 aromatic heterocycles. The molecule has 2 aliphatic rings. The van der Waals surface area contributed by atoms with Gasteiger partial charge in [-0.05, 0) is 37.8 Å². The standard InChI is InChI=1S/C19H24F3N7O2/c20-19(21,22)17-26-25-13-4-5-14(27-29(13)17)28-10-6-12(7-11-28)15(30)24-18(16(23)31)8-2-1-3-9-18/h4-5,12H,1-3,6-11H2,(H2,23,31)(H,24,30). The molecule has 1 saturated heterocycles. The fraction of sp³-hybridized carbons (Fsp3) is 0.632. The van der Waals surface area contributed by atoms with E-state index in [0.29, 0.717) is 49.1 Å². The summed E-state index contributed by atoms with van der Waals surface area (Å²) in [4.78, 5) is 26.7. The van der Waals surface area contributed by atoms with Crippen molar-refractivity contribution in [2.45, 2.75) is 56.7 Å². The van der Waals surface area contributed by atoms with Crippen molar-refractivity contribution in [3.8, 4) is 0 Å². The quantitative estimate of drug-likeness (QED) is 0.748. The van der Waals surface area contributed by atoms with Crippen LogP contribution >= 0.6 is 0 Å². The molecule has 31 heavy (non-hydrogen) atoms. The smallest absolute Gasteiger partial charge is 0.368 e. The molecule has 0 aromatic carbocycles. The number of amides is 2. The van der Waals surface area contributed by atoms with Gasteiger partial charge in [-0.15, -0.1) is 15.3 Å². The third-order valence-electron chi connectivity index (χ3n) is 6.23. The van der Waals surface area contributed by atoms with Crippen LogP contribution in [-0.2, 0) is 15.8 Å². The van der Waals surface area contributed by atoms with Gasteiger partial charge < -0.3 is 16.0 Å². The summed E-state index contributed by atoms with van der Waals surface area (Å²) in [6, 6.07) is 3.03. The number of anilines is 1. The molecule has 0 spiro atoms. The zero-order valence-corrected chi connectivity index (χ0v) is 16.9. The fourth-order valence-electron chi connectivity index (χ4n) is 4.42. The van der Waals surface area contributed by atoms with Crippen molar-refractivity contribution in [1.29, 1.82) is 0 Å². The monoisotopic (exact) mass is 439 g/mol. The van der Waals surface area contributed by atoms with Gasteiger partial charge in [-0.25, -0.2) is 0 Å². The van der Waals surface area contributed by atoms with Crippen LogP contribution < -0.4 is 16.0 Å². The number of piperidine rings is 1. The highest BCUT2D eigenvalue weighted by Crippen LogP contribution is 2.31. The highest BCUT2D eigenvalue weighted by Gasteiger charge is 2.41. The lowest BCUT2D eigenvalue weighted by molar-refractivity contribution is -0.146. The number of alkyl halides is 3. The first kappa shape index (κ1) is 21.3. The Morgan fingerprint density at radius 1 is 1.10 bits per heavy atom. The average Bonchev–Trinajstić information content (AvgIpc) is 3.18. The Balaban J connectivity index is 1.42. The first-order chi connectivity index (χ1) is 14.7. The van der Waals surface area contributed by atoms with Crippen molar-refractivity contribution in [3.05, 3.63) is 18.0 Å². The first-order valence-electron chi connectivity index (χ1n) is 10.4. The average molecular weight is 439 g/mol. The van der Waals surface area contributed by atoms with Crippen LogP contribution in [0.5, 0.6) is 0 Å². The van der Waals surface area contributed by atoms with Crippen LogP contribution in [0.25, 0.3) is 5.65 Å². The van der Waals surface area contributed by atoms with Crippen molar-refractivity contribution in [2.24, 2.45) is 11.7 Å². The number of carbonyl (C=O) groups is 2. The lowest BCUT2D eigenvalue weighted by Gasteiger charge is -2.38. The molecule has 0 radical (unpaired) electrons. The predicted octanol–water partition coefficient (Wildman–Crippen LogP) is 1.66. The van der Waals surface area contributed by atoms with E-state index in [1.54, 1.807) is 6.07 Å². The molecule has 12 heteroatoms. The highest BCUT2D eigenvalue weighted by atomic mass is 19.4. The van der Waals surface area contributed by atoms with Gasteiger partial charge in [0.2, 0.25) is 11.8 Å². The van der Waals surface area contributed by atoms with Gasteiger partial charge in [-0.3, -0.25) is 9.59 Å². The predicted molar refractivity (Wildman–Crippen MR) is 104 cm³/mol. The zero-order valence-electron chi connectivity index (χ0n) is 16.9. The minimum absolute atomic E-state index is 0.00886. The summed E-state index contributed by atoms with van der Waals surface area (Å²) in [5.41, 5.74) is 4.63. The first-order valence-corrected chi connectivity index (χ1v) is 10.4. The summed E-state index contributed by atoms with van der Waals surface area (Å²) in [7, 11) is 0. The van der Waals surface area contributed by atoms with E-state index in [0.717, 1.165) is 19.3 Å². The summed E-state index contributed by atoms with van der Waals surface area (Å²) in [6.07, 6.45) is 0.143. The Bertz CT molecular complexity index is 977. The summed E-state index contributed by atoms with van der Waals surface area (Å²) in [6.45, 7) is 0.896. The van der Waals surface area contributed by atoms with Crippen molar-refractivity contribution < 1.29 is 22.8 Å². The molecule has 1 aliphatic carbocycles. The highest BCUT2D eigenvalue weighted by molar-refractivity contribution is 5.91. The van der Waals surface area contributed by atoms with E-state index in [2.05, 4.69) is 20.6 Å². The molecule has 1 aliphatic heterocycles. The van der Waals surface area contributed by atoms with Gasteiger partial charge in [0.15, 0.2) is 5.65 Å². The van der Waals surface area contributed by atoms with Crippen LogP contribution in [0.4, 0.5) is 19.0 Å². The summed E-state index contributed by atoms with van der Waals surface area (Å²) in [5, 5.41) is 13.7. The van der Waals surface area contributed by atoms with Crippen molar-refractivity contribution in [1.82, 2.24) is 25.1 Å². The van der Waals surface area contributed by atoms with Gasteiger partial charge >= 0.3 is 6.18 Å². The number of nitrogens with one attached hydrogen (secondary N) is 1. The summed E-state index contributed by atoms with van der Waals surface area (Å²) < 4.78 is 40.0. The second kappa shape index (κ2) is 7.97.